The highest BCUT2D eigenvalue weighted by molar-refractivity contribution is 7.18. The molecule has 0 saturated heterocycles. The first-order valence-corrected chi connectivity index (χ1v) is 4.74. The molecule has 1 heterocycles. The van der Waals surface area contributed by atoms with Crippen molar-refractivity contribution in [1.82, 2.24) is 0 Å². The van der Waals surface area contributed by atoms with Gasteiger partial charge in [-0.05, 0) is 6.07 Å². The highest BCUT2D eigenvalue weighted by atomic mass is 35.5. The van der Waals surface area contributed by atoms with Crippen LogP contribution in [0.2, 0.25) is 10.0 Å². The summed E-state index contributed by atoms with van der Waals surface area (Å²) in [5.74, 6) is 0. The quantitative estimate of drug-likeness (QED) is 0.601. The fraction of sp³-hybridized carbons (Fsp3) is 0. The van der Waals surface area contributed by atoms with Crippen molar-refractivity contribution in [2.24, 2.45) is 0 Å². The lowest BCUT2D eigenvalue weighted by atomic mass is 10.3. The zero-order chi connectivity index (χ0) is 7.84. The number of benzene rings is 1. The number of halogens is 2. The van der Waals surface area contributed by atoms with Gasteiger partial charge in [-0.3, -0.25) is 0 Å². The van der Waals surface area contributed by atoms with E-state index in [1.165, 1.54) is 0 Å². The summed E-state index contributed by atoms with van der Waals surface area (Å²) in [5, 5.41) is 4.51. The minimum Gasteiger partial charge on any atom is -0.141 e. The monoisotopic (exact) mass is 202 g/mol. The minimum absolute atomic E-state index is 0.777. The molecule has 0 radical (unpaired) electrons. The molecule has 0 unspecified atom stereocenters. The third-order valence-electron chi connectivity index (χ3n) is 1.50. The number of hydrogen-bond donors (Lipinski definition) is 0. The van der Waals surface area contributed by atoms with Crippen LogP contribution in [0.4, 0.5) is 0 Å². The summed E-state index contributed by atoms with van der Waals surface area (Å²) < 4.78 is 1.07. The van der Waals surface area contributed by atoms with Gasteiger partial charge in [0.05, 0.1) is 14.7 Å². The van der Waals surface area contributed by atoms with Crippen LogP contribution in [0.3, 0.4) is 0 Å². The van der Waals surface area contributed by atoms with Gasteiger partial charge in [-0.25, -0.2) is 0 Å². The first-order valence-electron chi connectivity index (χ1n) is 3.10. The first-order chi connectivity index (χ1) is 5.29. The summed E-state index contributed by atoms with van der Waals surface area (Å²) in [6, 6.07) is 5.75. The molecule has 0 spiro atoms. The predicted molar refractivity (Wildman–Crippen MR) is 51.8 cm³/mol. The molecule has 0 fully saturated rings. The Kier molecular flexibility index (Phi) is 1.80. The Morgan fingerprint density at radius 2 is 1.91 bits per heavy atom. The lowest BCUT2D eigenvalue weighted by Crippen LogP contribution is -1.64. The highest BCUT2D eigenvalue weighted by Gasteiger charge is 2.03. The molecule has 56 valence electrons. The normalized spacial score (nSPS) is 10.7. The van der Waals surface area contributed by atoms with Crippen molar-refractivity contribution in [1.29, 1.82) is 0 Å². The summed E-state index contributed by atoms with van der Waals surface area (Å²) >= 11 is 13.4. The maximum Gasteiger partial charge on any atom is 0.0592 e. The van der Waals surface area contributed by atoms with Gasteiger partial charge in [0.25, 0.3) is 0 Å². The Bertz CT molecular complexity index is 392. The van der Waals surface area contributed by atoms with E-state index in [0.717, 1.165) is 20.1 Å². The van der Waals surface area contributed by atoms with Crippen molar-refractivity contribution < 1.29 is 0 Å². The van der Waals surface area contributed by atoms with Crippen molar-refractivity contribution in [2.45, 2.75) is 0 Å². The lowest BCUT2D eigenvalue weighted by molar-refractivity contribution is 1.85. The molecular weight excluding hydrogens is 199 g/mol. The zero-order valence-corrected chi connectivity index (χ0v) is 7.80. The van der Waals surface area contributed by atoms with Gasteiger partial charge in [-0.1, -0.05) is 35.3 Å². The summed E-state index contributed by atoms with van der Waals surface area (Å²) in [6.45, 7) is 0. The van der Waals surface area contributed by atoms with Gasteiger partial charge < -0.3 is 0 Å². The van der Waals surface area contributed by atoms with Crippen molar-refractivity contribution in [3.63, 3.8) is 0 Å². The number of rotatable bonds is 0. The van der Waals surface area contributed by atoms with Crippen LogP contribution in [0.15, 0.2) is 23.6 Å². The molecule has 0 aliphatic rings. The molecule has 1 aromatic heterocycles. The molecule has 1 aromatic carbocycles. The molecule has 3 heteroatoms. The molecule has 0 aliphatic carbocycles. The van der Waals surface area contributed by atoms with Crippen LogP contribution in [0, 0.1) is 0 Å². The van der Waals surface area contributed by atoms with Crippen LogP contribution in [0.5, 0.6) is 0 Å². The maximum absolute atomic E-state index is 5.92. The smallest absolute Gasteiger partial charge is 0.0592 e. The van der Waals surface area contributed by atoms with Crippen molar-refractivity contribution in [3.8, 4) is 0 Å². The Morgan fingerprint density at radius 1 is 1.09 bits per heavy atom. The third kappa shape index (κ3) is 1.13. The largest absolute Gasteiger partial charge is 0.141 e. The van der Waals surface area contributed by atoms with Gasteiger partial charge in [0.2, 0.25) is 0 Å². The maximum atomic E-state index is 5.92. The summed E-state index contributed by atoms with van der Waals surface area (Å²) in [7, 11) is 0. The second kappa shape index (κ2) is 2.67. The molecule has 0 bridgehead atoms. The van der Waals surface area contributed by atoms with Crippen molar-refractivity contribution >= 4 is 44.6 Å². The fourth-order valence-electron chi connectivity index (χ4n) is 0.991. The van der Waals surface area contributed by atoms with E-state index in [4.69, 9.17) is 23.2 Å². The SMILES string of the molecule is Clc1csc2c(Cl)cccc12. The van der Waals surface area contributed by atoms with Gasteiger partial charge in [-0.15, -0.1) is 11.3 Å². The predicted octanol–water partition coefficient (Wildman–Crippen LogP) is 4.21. The molecule has 0 amide bonds. The number of hydrogen-bond acceptors (Lipinski definition) is 1. The second-order valence-corrected chi connectivity index (χ2v) is 3.89. The Balaban J connectivity index is 2.94. The number of fused-ring (bicyclic) bond motifs is 1. The topological polar surface area (TPSA) is 0 Å². The summed E-state index contributed by atoms with van der Waals surface area (Å²) in [6.07, 6.45) is 0. The third-order valence-corrected chi connectivity index (χ3v) is 3.40. The van der Waals surface area contributed by atoms with E-state index in [2.05, 4.69) is 0 Å². The zero-order valence-electron chi connectivity index (χ0n) is 5.47. The van der Waals surface area contributed by atoms with Crippen LogP contribution in [0.1, 0.15) is 0 Å². The van der Waals surface area contributed by atoms with Gasteiger partial charge in [-0.2, -0.15) is 0 Å². The lowest BCUT2D eigenvalue weighted by Gasteiger charge is -1.90. The highest BCUT2D eigenvalue weighted by Crippen LogP contribution is 2.34. The Morgan fingerprint density at radius 3 is 2.64 bits per heavy atom. The van der Waals surface area contributed by atoms with Gasteiger partial charge in [0.1, 0.15) is 0 Å². The van der Waals surface area contributed by atoms with E-state index < -0.39 is 0 Å². The molecule has 0 atom stereocenters. The molecule has 0 N–H and O–H groups in total. The Labute approximate surface area is 78.4 Å². The molecule has 2 rings (SSSR count). The minimum atomic E-state index is 0.777. The van der Waals surface area contributed by atoms with E-state index in [9.17, 15) is 0 Å². The van der Waals surface area contributed by atoms with Crippen molar-refractivity contribution in [3.05, 3.63) is 33.6 Å². The van der Waals surface area contributed by atoms with Crippen LogP contribution in [0.25, 0.3) is 10.1 Å². The molecule has 11 heavy (non-hydrogen) atoms. The van der Waals surface area contributed by atoms with E-state index in [-0.39, 0.29) is 0 Å². The first kappa shape index (κ1) is 7.41. The van der Waals surface area contributed by atoms with Crippen LogP contribution < -0.4 is 0 Å². The van der Waals surface area contributed by atoms with E-state index in [1.807, 2.05) is 23.6 Å². The van der Waals surface area contributed by atoms with Gasteiger partial charge >= 0.3 is 0 Å². The van der Waals surface area contributed by atoms with Gasteiger partial charge in [0.15, 0.2) is 0 Å². The number of thiophene rings is 1. The molecular formula is C8H4Cl2S. The van der Waals surface area contributed by atoms with E-state index in [1.54, 1.807) is 11.3 Å². The molecule has 0 nitrogen and oxygen atoms in total. The van der Waals surface area contributed by atoms with Gasteiger partial charge in [0, 0.05) is 10.8 Å². The molecule has 0 saturated carbocycles. The second-order valence-electron chi connectivity index (χ2n) is 2.20. The van der Waals surface area contributed by atoms with E-state index in [0.29, 0.717) is 0 Å². The van der Waals surface area contributed by atoms with Crippen LogP contribution in [-0.2, 0) is 0 Å². The summed E-state index contributed by atoms with van der Waals surface area (Å²) in [4.78, 5) is 0. The van der Waals surface area contributed by atoms with Crippen LogP contribution in [-0.4, -0.2) is 0 Å². The molecule has 2 aromatic rings. The molecule has 0 aliphatic heterocycles. The van der Waals surface area contributed by atoms with Crippen molar-refractivity contribution in [2.75, 3.05) is 0 Å². The summed E-state index contributed by atoms with van der Waals surface area (Å²) in [5.41, 5.74) is 0. The van der Waals surface area contributed by atoms with E-state index >= 15 is 0 Å². The average Bonchev–Trinajstić information content (AvgIpc) is 2.35. The fourth-order valence-corrected chi connectivity index (χ4v) is 2.48. The van der Waals surface area contributed by atoms with Crippen LogP contribution >= 0.6 is 34.5 Å². The standard InChI is InChI=1S/C8H4Cl2S/c9-6-3-1-2-5-7(10)4-11-8(5)6/h1-4H. The average molecular weight is 203 g/mol. The Hall–Kier alpha value is -0.240.